The van der Waals surface area contributed by atoms with Crippen molar-refractivity contribution in [2.45, 2.75) is 18.6 Å². The Kier molecular flexibility index (Phi) is 6.47. The topological polar surface area (TPSA) is 106 Å². The van der Waals surface area contributed by atoms with E-state index < -0.39 is 10.7 Å². The zero-order chi connectivity index (χ0) is 21.0. The molecule has 0 atom stereocenters. The van der Waals surface area contributed by atoms with Gasteiger partial charge in [-0.3, -0.25) is 19.8 Å². The second-order valence-electron chi connectivity index (χ2n) is 7.77. The standard InChI is InChI=1S/C20H28N4O6/c25-19(21-5-8-22-9-11-28-12-10-22)16-1-2-17(18(15-16)24(26)27)23-6-3-20(4-7-23)29-13-14-30-20/h1-2,15H,3-14H2,(H,21,25). The number of amides is 1. The average Bonchev–Trinajstić information content (AvgIpc) is 3.22. The molecule has 30 heavy (non-hydrogen) atoms. The molecule has 3 heterocycles. The summed E-state index contributed by atoms with van der Waals surface area (Å²) >= 11 is 0. The number of hydrogen-bond donors (Lipinski definition) is 1. The number of nitrogens with zero attached hydrogens (tertiary/aromatic N) is 3. The normalized spacial score (nSPS) is 21.7. The number of morpholine rings is 1. The number of carbonyl (C=O) groups excluding carboxylic acids is 1. The minimum Gasteiger partial charge on any atom is -0.379 e. The van der Waals surface area contributed by atoms with Crippen LogP contribution in [0.25, 0.3) is 0 Å². The Hall–Kier alpha value is -2.27. The maximum Gasteiger partial charge on any atom is 0.293 e. The largest absolute Gasteiger partial charge is 0.379 e. The lowest BCUT2D eigenvalue weighted by Crippen LogP contribution is -2.45. The lowest BCUT2D eigenvalue weighted by atomic mass is 10.0. The Morgan fingerprint density at radius 2 is 1.80 bits per heavy atom. The number of nitrogens with one attached hydrogen (secondary N) is 1. The summed E-state index contributed by atoms with van der Waals surface area (Å²) in [7, 11) is 0. The summed E-state index contributed by atoms with van der Waals surface area (Å²) in [4.78, 5) is 27.9. The third-order valence-corrected chi connectivity index (χ3v) is 5.93. The van der Waals surface area contributed by atoms with Crippen molar-refractivity contribution in [2.75, 3.05) is 70.6 Å². The van der Waals surface area contributed by atoms with Gasteiger partial charge in [0.1, 0.15) is 5.69 Å². The molecule has 164 valence electrons. The Labute approximate surface area is 175 Å². The monoisotopic (exact) mass is 420 g/mol. The molecule has 3 aliphatic rings. The number of nitro benzene ring substituents is 1. The molecule has 3 fully saturated rings. The molecule has 3 aliphatic heterocycles. The third kappa shape index (κ3) is 4.72. The van der Waals surface area contributed by atoms with Gasteiger partial charge in [0, 0.05) is 63.7 Å². The molecule has 0 aliphatic carbocycles. The molecule has 1 N–H and O–H groups in total. The van der Waals surface area contributed by atoms with Gasteiger partial charge in [-0.05, 0) is 12.1 Å². The molecular formula is C20H28N4O6. The number of ether oxygens (including phenoxy) is 3. The zero-order valence-electron chi connectivity index (χ0n) is 17.0. The second-order valence-corrected chi connectivity index (χ2v) is 7.77. The molecule has 0 aromatic heterocycles. The number of benzene rings is 1. The summed E-state index contributed by atoms with van der Waals surface area (Å²) in [6.45, 7) is 6.72. The van der Waals surface area contributed by atoms with Crippen LogP contribution in [0.2, 0.25) is 0 Å². The molecule has 0 bridgehead atoms. The molecule has 1 amide bonds. The smallest absolute Gasteiger partial charge is 0.293 e. The third-order valence-electron chi connectivity index (χ3n) is 5.93. The SMILES string of the molecule is O=C(NCCN1CCOCC1)c1ccc(N2CCC3(CC2)OCCO3)c([N+](=O)[O-])c1. The van der Waals surface area contributed by atoms with Gasteiger partial charge in [0.15, 0.2) is 5.79 Å². The van der Waals surface area contributed by atoms with E-state index in [-0.39, 0.29) is 11.6 Å². The van der Waals surface area contributed by atoms with E-state index in [1.165, 1.54) is 6.07 Å². The highest BCUT2D eigenvalue weighted by Crippen LogP contribution is 2.36. The van der Waals surface area contributed by atoms with Crippen LogP contribution >= 0.6 is 0 Å². The molecule has 1 spiro atoms. The van der Waals surface area contributed by atoms with Crippen molar-refractivity contribution in [3.63, 3.8) is 0 Å². The van der Waals surface area contributed by atoms with Gasteiger partial charge in [-0.25, -0.2) is 0 Å². The van der Waals surface area contributed by atoms with Crippen LogP contribution < -0.4 is 10.2 Å². The van der Waals surface area contributed by atoms with Crippen LogP contribution in [0, 0.1) is 10.1 Å². The summed E-state index contributed by atoms with van der Waals surface area (Å²) in [5.74, 6) is -0.839. The van der Waals surface area contributed by atoms with Crippen LogP contribution in [0.1, 0.15) is 23.2 Å². The van der Waals surface area contributed by atoms with Gasteiger partial charge in [0.25, 0.3) is 11.6 Å². The van der Waals surface area contributed by atoms with E-state index >= 15 is 0 Å². The van der Waals surface area contributed by atoms with Gasteiger partial charge in [0.05, 0.1) is 31.4 Å². The highest BCUT2D eigenvalue weighted by Gasteiger charge is 2.40. The lowest BCUT2D eigenvalue weighted by molar-refractivity contribution is -0.384. The van der Waals surface area contributed by atoms with E-state index in [2.05, 4.69) is 10.2 Å². The summed E-state index contributed by atoms with van der Waals surface area (Å²) in [5.41, 5.74) is 0.765. The van der Waals surface area contributed by atoms with Crippen molar-refractivity contribution in [2.24, 2.45) is 0 Å². The van der Waals surface area contributed by atoms with Gasteiger partial charge in [0.2, 0.25) is 0 Å². The molecule has 1 aromatic rings. The highest BCUT2D eigenvalue weighted by molar-refractivity contribution is 5.95. The summed E-state index contributed by atoms with van der Waals surface area (Å²) < 4.78 is 16.8. The number of hydrogen-bond acceptors (Lipinski definition) is 8. The zero-order valence-corrected chi connectivity index (χ0v) is 17.0. The predicted molar refractivity (Wildman–Crippen MR) is 109 cm³/mol. The van der Waals surface area contributed by atoms with E-state index in [0.29, 0.717) is 70.2 Å². The van der Waals surface area contributed by atoms with Crippen LogP contribution in [0.3, 0.4) is 0 Å². The van der Waals surface area contributed by atoms with Gasteiger partial charge < -0.3 is 24.4 Å². The van der Waals surface area contributed by atoms with Crippen LogP contribution in [-0.4, -0.2) is 87.2 Å². The van der Waals surface area contributed by atoms with Crippen LogP contribution in [0.5, 0.6) is 0 Å². The maximum absolute atomic E-state index is 12.5. The average molecular weight is 420 g/mol. The number of nitro groups is 1. The van der Waals surface area contributed by atoms with E-state index in [9.17, 15) is 14.9 Å². The molecule has 0 unspecified atom stereocenters. The Bertz CT molecular complexity index is 767. The molecule has 4 rings (SSSR count). The Balaban J connectivity index is 1.37. The van der Waals surface area contributed by atoms with Crippen molar-refractivity contribution >= 4 is 17.3 Å². The predicted octanol–water partition coefficient (Wildman–Crippen LogP) is 1.00. The Morgan fingerprint density at radius 3 is 2.47 bits per heavy atom. The molecule has 1 aromatic carbocycles. The fourth-order valence-corrected chi connectivity index (χ4v) is 4.21. The minimum absolute atomic E-state index is 0.0555. The number of carbonyl (C=O) groups is 1. The van der Waals surface area contributed by atoms with E-state index in [1.54, 1.807) is 12.1 Å². The number of rotatable bonds is 6. The van der Waals surface area contributed by atoms with Gasteiger partial charge >= 0.3 is 0 Å². The minimum atomic E-state index is -0.536. The van der Waals surface area contributed by atoms with E-state index in [0.717, 1.165) is 19.6 Å². The molecule has 10 nitrogen and oxygen atoms in total. The lowest BCUT2D eigenvalue weighted by Gasteiger charge is -2.38. The maximum atomic E-state index is 12.5. The summed E-state index contributed by atoms with van der Waals surface area (Å²) in [6, 6.07) is 4.69. The van der Waals surface area contributed by atoms with Crippen molar-refractivity contribution in [3.8, 4) is 0 Å². The van der Waals surface area contributed by atoms with Crippen molar-refractivity contribution in [1.29, 1.82) is 0 Å². The first-order valence-corrected chi connectivity index (χ1v) is 10.5. The van der Waals surface area contributed by atoms with Crippen LogP contribution in [0.4, 0.5) is 11.4 Å². The molecule has 10 heteroatoms. The first kappa shape index (κ1) is 21.0. The fraction of sp³-hybridized carbons (Fsp3) is 0.650. The quantitative estimate of drug-likeness (QED) is 0.537. The van der Waals surface area contributed by atoms with Gasteiger partial charge in [-0.1, -0.05) is 0 Å². The van der Waals surface area contributed by atoms with Crippen LogP contribution in [0.15, 0.2) is 18.2 Å². The Morgan fingerprint density at radius 1 is 1.10 bits per heavy atom. The second kappa shape index (κ2) is 9.25. The summed E-state index contributed by atoms with van der Waals surface area (Å²) in [5, 5.41) is 14.5. The van der Waals surface area contributed by atoms with Crippen molar-refractivity contribution in [1.82, 2.24) is 10.2 Å². The van der Waals surface area contributed by atoms with Crippen LogP contribution in [-0.2, 0) is 14.2 Å². The van der Waals surface area contributed by atoms with Crippen molar-refractivity contribution in [3.05, 3.63) is 33.9 Å². The number of piperidine rings is 1. The fourth-order valence-electron chi connectivity index (χ4n) is 4.21. The van der Waals surface area contributed by atoms with Gasteiger partial charge in [-0.2, -0.15) is 0 Å². The van der Waals surface area contributed by atoms with E-state index in [1.807, 2.05) is 4.90 Å². The number of anilines is 1. The van der Waals surface area contributed by atoms with Crippen molar-refractivity contribution < 1.29 is 23.9 Å². The molecular weight excluding hydrogens is 392 g/mol. The molecule has 0 saturated carbocycles. The first-order valence-electron chi connectivity index (χ1n) is 10.5. The van der Waals surface area contributed by atoms with E-state index in [4.69, 9.17) is 14.2 Å². The summed E-state index contributed by atoms with van der Waals surface area (Å²) in [6.07, 6.45) is 1.32. The molecule has 3 saturated heterocycles. The first-order chi connectivity index (χ1) is 14.6. The van der Waals surface area contributed by atoms with Gasteiger partial charge in [-0.15, -0.1) is 0 Å². The molecule has 0 radical (unpaired) electrons. The highest BCUT2D eigenvalue weighted by atomic mass is 16.7.